The molecule has 278 valence electrons. The second-order valence-corrected chi connectivity index (χ2v) is 13.9. The molecule has 0 atom stereocenters. The predicted molar refractivity (Wildman–Crippen MR) is 215 cm³/mol. The lowest BCUT2D eigenvalue weighted by Gasteiger charge is -2.33. The van der Waals surface area contributed by atoms with Crippen LogP contribution in [0.15, 0.2) is 91.8 Å². The molecule has 8 heterocycles. The zero-order chi connectivity index (χ0) is 37.9. The van der Waals surface area contributed by atoms with E-state index in [1.165, 1.54) is 0 Å². The van der Waals surface area contributed by atoms with E-state index in [1.807, 2.05) is 48.5 Å². The Morgan fingerprint density at radius 2 is 0.722 bits per heavy atom. The molecule has 0 unspecified atom stereocenters. The van der Waals surface area contributed by atoms with Gasteiger partial charge in [0.15, 0.2) is 32.2 Å². The summed E-state index contributed by atoms with van der Waals surface area (Å²) < 4.78 is 0. The van der Waals surface area contributed by atoms with Gasteiger partial charge in [0.05, 0.1) is 0 Å². The third-order valence-corrected chi connectivity index (χ3v) is 9.84. The number of rotatable bonds is 5. The molecule has 54 heavy (non-hydrogen) atoms. The van der Waals surface area contributed by atoms with Gasteiger partial charge in [-0.05, 0) is 85.4 Å². The Bertz CT molecular complexity index is 1980. The van der Waals surface area contributed by atoms with Crippen LogP contribution in [-0.2, 0) is 0 Å². The summed E-state index contributed by atoms with van der Waals surface area (Å²) in [6.07, 6.45) is 10.4. The van der Waals surface area contributed by atoms with Crippen molar-refractivity contribution >= 4 is 58.0 Å². The summed E-state index contributed by atoms with van der Waals surface area (Å²) in [7, 11) is 4.26. The number of aromatic nitrogens is 9. The molecule has 13 nitrogen and oxygen atoms in total. The normalized spacial score (nSPS) is 14.8. The van der Waals surface area contributed by atoms with Crippen molar-refractivity contribution in [3.63, 3.8) is 0 Å². The summed E-state index contributed by atoms with van der Waals surface area (Å²) in [6, 6.07) is 17.1. The molecule has 0 aliphatic carbocycles. The van der Waals surface area contributed by atoms with Crippen molar-refractivity contribution < 1.29 is 0 Å². The van der Waals surface area contributed by atoms with E-state index in [-0.39, 0.29) is 0 Å². The molecule has 2 saturated heterocycles. The average molecular weight is 806 g/mol. The lowest BCUT2D eigenvalue weighted by Crippen LogP contribution is -2.44. The van der Waals surface area contributed by atoms with Crippen molar-refractivity contribution in [2.75, 3.05) is 76.3 Å². The minimum absolute atomic E-state index is 0.321. The summed E-state index contributed by atoms with van der Waals surface area (Å²) in [4.78, 5) is 21.1. The van der Waals surface area contributed by atoms with Crippen molar-refractivity contribution in [1.82, 2.24) is 55.3 Å². The van der Waals surface area contributed by atoms with E-state index in [2.05, 4.69) is 79.2 Å². The van der Waals surface area contributed by atoms with E-state index >= 15 is 0 Å². The highest BCUT2D eigenvalue weighted by atomic mass is 35.5. The molecular formula is C37H37Cl4N13. The number of piperazine rings is 2. The van der Waals surface area contributed by atoms with Gasteiger partial charge in [-0.3, -0.25) is 15.0 Å². The van der Waals surface area contributed by atoms with E-state index < -0.39 is 0 Å². The van der Waals surface area contributed by atoms with Gasteiger partial charge in [-0.1, -0.05) is 46.4 Å². The minimum atomic E-state index is 0.321. The van der Waals surface area contributed by atoms with Crippen molar-refractivity contribution in [1.29, 1.82) is 0 Å². The molecular weight excluding hydrogens is 768 g/mol. The highest BCUT2D eigenvalue weighted by Crippen LogP contribution is 2.30. The molecule has 2 fully saturated rings. The lowest BCUT2D eigenvalue weighted by atomic mass is 10.1. The maximum Gasteiger partial charge on any atom is 0.159 e. The van der Waals surface area contributed by atoms with Crippen molar-refractivity contribution in [3.8, 4) is 33.4 Å². The van der Waals surface area contributed by atoms with E-state index in [0.717, 1.165) is 97.4 Å². The first-order chi connectivity index (χ1) is 26.2. The van der Waals surface area contributed by atoms with E-state index in [4.69, 9.17) is 46.4 Å². The summed E-state index contributed by atoms with van der Waals surface area (Å²) in [5, 5.41) is 25.5. The second kappa shape index (κ2) is 19.1. The van der Waals surface area contributed by atoms with Crippen molar-refractivity contribution in [3.05, 3.63) is 112 Å². The topological polar surface area (TPSA) is 129 Å². The molecule has 0 spiro atoms. The van der Waals surface area contributed by atoms with Crippen molar-refractivity contribution in [2.24, 2.45) is 0 Å². The van der Waals surface area contributed by atoms with Crippen LogP contribution in [0.1, 0.15) is 0 Å². The molecule has 8 rings (SSSR count). The quantitative estimate of drug-likeness (QED) is 0.183. The smallest absolute Gasteiger partial charge is 0.159 e. The Balaban J connectivity index is 0.000000141. The fraction of sp³-hybridized carbons (Fsp3) is 0.270. The highest BCUT2D eigenvalue weighted by Gasteiger charge is 2.19. The molecule has 6 aromatic heterocycles. The van der Waals surface area contributed by atoms with Gasteiger partial charge in [0.25, 0.3) is 0 Å². The molecule has 0 saturated carbocycles. The van der Waals surface area contributed by atoms with E-state index in [9.17, 15) is 0 Å². The fourth-order valence-corrected chi connectivity index (χ4v) is 6.42. The summed E-state index contributed by atoms with van der Waals surface area (Å²) in [5.41, 5.74) is 5.50. The van der Waals surface area contributed by atoms with Crippen LogP contribution in [0.25, 0.3) is 33.4 Å². The summed E-state index contributed by atoms with van der Waals surface area (Å²) >= 11 is 23.9. The monoisotopic (exact) mass is 803 g/mol. The number of likely N-dealkylation sites (N-methyl/N-ethyl adjacent to an activating group) is 2. The van der Waals surface area contributed by atoms with Crippen LogP contribution in [0.3, 0.4) is 0 Å². The van der Waals surface area contributed by atoms with Crippen LogP contribution < -0.4 is 9.80 Å². The maximum absolute atomic E-state index is 6.17. The number of hydrogen-bond acceptors (Lipinski definition) is 13. The Morgan fingerprint density at radius 1 is 0.407 bits per heavy atom. The van der Waals surface area contributed by atoms with Crippen LogP contribution in [0.2, 0.25) is 20.6 Å². The van der Waals surface area contributed by atoms with Gasteiger partial charge >= 0.3 is 0 Å². The largest absolute Gasteiger partial charge is 0.353 e. The van der Waals surface area contributed by atoms with Crippen LogP contribution >= 0.6 is 46.4 Å². The van der Waals surface area contributed by atoms with Gasteiger partial charge in [-0.25, -0.2) is 0 Å². The number of anilines is 2. The molecule has 6 aromatic rings. The molecule has 2 aliphatic rings. The number of hydrogen-bond donors (Lipinski definition) is 0. The molecule has 0 N–H and O–H groups in total. The number of pyridine rings is 3. The van der Waals surface area contributed by atoms with Gasteiger partial charge < -0.3 is 19.6 Å². The van der Waals surface area contributed by atoms with Gasteiger partial charge in [0.2, 0.25) is 0 Å². The third kappa shape index (κ3) is 10.5. The average Bonchev–Trinajstić information content (AvgIpc) is 3.21. The molecule has 17 heteroatoms. The number of halogens is 4. The zero-order valence-electron chi connectivity index (χ0n) is 29.6. The highest BCUT2D eigenvalue weighted by molar-refractivity contribution is 6.33. The molecule has 0 amide bonds. The maximum atomic E-state index is 6.17. The van der Waals surface area contributed by atoms with Crippen LogP contribution in [0, 0.1) is 0 Å². The first-order valence-electron chi connectivity index (χ1n) is 17.1. The fourth-order valence-electron chi connectivity index (χ4n) is 5.67. The Hall–Kier alpha value is -4.63. The van der Waals surface area contributed by atoms with Crippen molar-refractivity contribution in [2.45, 2.75) is 0 Å². The number of nitrogens with zero attached hydrogens (tertiary/aromatic N) is 13. The van der Waals surface area contributed by atoms with Gasteiger partial charge in [-0.2, -0.15) is 0 Å². The third-order valence-electron chi connectivity index (χ3n) is 8.82. The Kier molecular flexibility index (Phi) is 13.8. The van der Waals surface area contributed by atoms with Crippen LogP contribution in [0.5, 0.6) is 0 Å². The minimum Gasteiger partial charge on any atom is -0.353 e. The standard InChI is InChI=1S/2C14H16ClN5.C9H5Cl2N3/c2*1-19-6-8-20(9-7-19)13-10-12(14(15)18-17-13)11-2-4-16-5-3-11;10-8-5-7(9(11)14-13-8)6-1-3-12-4-2-6/h2*2-5,10H,6-9H2,1H3;1-5H. The first kappa shape index (κ1) is 39.1. The lowest BCUT2D eigenvalue weighted by molar-refractivity contribution is 0.312. The molecule has 0 radical (unpaired) electrons. The van der Waals surface area contributed by atoms with E-state index in [1.54, 1.807) is 43.2 Å². The Labute approximate surface area is 334 Å². The van der Waals surface area contributed by atoms with Gasteiger partial charge in [0, 0.05) is 106 Å². The van der Waals surface area contributed by atoms with Crippen LogP contribution in [0.4, 0.5) is 11.6 Å². The molecule has 0 bridgehead atoms. The Morgan fingerprint density at radius 3 is 1.07 bits per heavy atom. The summed E-state index contributed by atoms with van der Waals surface area (Å²) in [5.74, 6) is 1.77. The predicted octanol–water partition coefficient (Wildman–Crippen LogP) is 6.73. The van der Waals surface area contributed by atoms with Gasteiger partial charge in [0.1, 0.15) is 0 Å². The SMILES string of the molecule is CN1CCN(c2cc(-c3ccncc3)c(Cl)nn2)CC1.CN1CCN(c2cc(-c3ccncc3)c(Cl)nn2)CC1.Clc1cc(-c2ccncc2)c(Cl)nn1. The molecule has 0 aromatic carbocycles. The second-order valence-electron chi connectivity index (χ2n) is 12.5. The molecule has 2 aliphatic heterocycles. The van der Waals surface area contributed by atoms with Crippen LogP contribution in [-0.4, -0.2) is 122 Å². The zero-order valence-corrected chi connectivity index (χ0v) is 32.7. The summed E-state index contributed by atoms with van der Waals surface area (Å²) in [6.45, 7) is 7.99. The van der Waals surface area contributed by atoms with E-state index in [0.29, 0.717) is 20.6 Å². The first-order valence-corrected chi connectivity index (χ1v) is 18.6. The van der Waals surface area contributed by atoms with Gasteiger partial charge in [-0.15, -0.1) is 30.6 Å².